The van der Waals surface area contributed by atoms with Gasteiger partial charge in [0.1, 0.15) is 0 Å². The summed E-state index contributed by atoms with van der Waals surface area (Å²) in [4.78, 5) is 5.17. The van der Waals surface area contributed by atoms with E-state index < -0.39 is 0 Å². The van der Waals surface area contributed by atoms with Crippen LogP contribution in [0.5, 0.6) is 0 Å². The summed E-state index contributed by atoms with van der Waals surface area (Å²) >= 11 is 0. The molecule has 3 heteroatoms. The third kappa shape index (κ3) is 5.10. The Morgan fingerprint density at radius 1 is 1.05 bits per heavy atom. The molecule has 1 aliphatic rings. The summed E-state index contributed by atoms with van der Waals surface area (Å²) in [5.41, 5.74) is 2.94. The molecule has 1 heterocycles. The lowest BCUT2D eigenvalue weighted by molar-refractivity contribution is 0.104. The van der Waals surface area contributed by atoms with Crippen LogP contribution in [0.2, 0.25) is 0 Å². The van der Waals surface area contributed by atoms with Crippen molar-refractivity contribution in [1.82, 2.24) is 15.1 Å². The molecule has 0 aromatic heterocycles. The van der Waals surface area contributed by atoms with Crippen LogP contribution in [0, 0.1) is 0 Å². The van der Waals surface area contributed by atoms with Gasteiger partial charge in [-0.25, -0.2) is 0 Å². The first-order valence-electron chi connectivity index (χ1n) is 8.44. The summed E-state index contributed by atoms with van der Waals surface area (Å²) in [5, 5.41) is 3.52. The lowest BCUT2D eigenvalue weighted by Gasteiger charge is -2.37. The minimum atomic E-state index is 0.678. The molecule has 1 aromatic carbocycles. The van der Waals surface area contributed by atoms with E-state index in [1.54, 1.807) is 0 Å². The van der Waals surface area contributed by atoms with Crippen LogP contribution in [0.25, 0.3) is 0 Å². The molecular formula is C18H31N3. The predicted molar refractivity (Wildman–Crippen MR) is 90.4 cm³/mol. The van der Waals surface area contributed by atoms with E-state index in [1.165, 1.54) is 43.7 Å². The Balaban J connectivity index is 1.88. The zero-order valence-corrected chi connectivity index (χ0v) is 13.9. The zero-order chi connectivity index (χ0) is 15.1. The Kier molecular flexibility index (Phi) is 6.68. The van der Waals surface area contributed by atoms with Gasteiger partial charge in [-0.1, -0.05) is 31.2 Å². The van der Waals surface area contributed by atoms with Gasteiger partial charge in [0.25, 0.3) is 0 Å². The van der Waals surface area contributed by atoms with E-state index >= 15 is 0 Å². The van der Waals surface area contributed by atoms with E-state index in [1.807, 2.05) is 0 Å². The maximum Gasteiger partial charge on any atom is 0.0238 e. The van der Waals surface area contributed by atoms with Crippen molar-refractivity contribution in [2.75, 3.05) is 32.7 Å². The van der Waals surface area contributed by atoms with Crippen LogP contribution in [-0.4, -0.2) is 48.6 Å². The van der Waals surface area contributed by atoms with Gasteiger partial charge in [-0.15, -0.1) is 0 Å². The Morgan fingerprint density at radius 3 is 2.33 bits per heavy atom. The molecule has 0 radical (unpaired) electrons. The summed E-state index contributed by atoms with van der Waals surface area (Å²) in [7, 11) is 0. The van der Waals surface area contributed by atoms with Crippen LogP contribution in [0.1, 0.15) is 38.3 Å². The second-order valence-electron chi connectivity index (χ2n) is 6.35. The molecule has 0 spiro atoms. The maximum absolute atomic E-state index is 3.52. The van der Waals surface area contributed by atoms with Gasteiger partial charge in [-0.3, -0.25) is 9.80 Å². The third-order valence-electron chi connectivity index (χ3n) is 4.39. The molecule has 0 aliphatic carbocycles. The molecule has 1 N–H and O–H groups in total. The van der Waals surface area contributed by atoms with E-state index in [0.29, 0.717) is 6.04 Å². The average molecular weight is 289 g/mol. The van der Waals surface area contributed by atoms with E-state index in [2.05, 4.69) is 60.2 Å². The van der Waals surface area contributed by atoms with Crippen molar-refractivity contribution in [2.24, 2.45) is 0 Å². The van der Waals surface area contributed by atoms with Gasteiger partial charge in [0, 0.05) is 45.3 Å². The van der Waals surface area contributed by atoms with Gasteiger partial charge in [0.15, 0.2) is 0 Å². The predicted octanol–water partition coefficient (Wildman–Crippen LogP) is 2.71. The van der Waals surface area contributed by atoms with Crippen molar-refractivity contribution in [3.05, 3.63) is 35.4 Å². The van der Waals surface area contributed by atoms with Gasteiger partial charge in [-0.05, 0) is 37.9 Å². The monoisotopic (exact) mass is 289 g/mol. The molecule has 1 fully saturated rings. The number of rotatable bonds is 7. The van der Waals surface area contributed by atoms with Crippen molar-refractivity contribution >= 4 is 0 Å². The molecule has 1 saturated heterocycles. The van der Waals surface area contributed by atoms with Crippen molar-refractivity contribution < 1.29 is 0 Å². The minimum absolute atomic E-state index is 0.678. The number of hydrogen-bond donors (Lipinski definition) is 1. The van der Waals surface area contributed by atoms with E-state index in [-0.39, 0.29) is 0 Å². The highest BCUT2D eigenvalue weighted by molar-refractivity contribution is 5.27. The van der Waals surface area contributed by atoms with Crippen LogP contribution >= 0.6 is 0 Å². The van der Waals surface area contributed by atoms with Crippen LogP contribution < -0.4 is 5.32 Å². The first kappa shape index (κ1) is 16.5. The summed E-state index contributed by atoms with van der Waals surface area (Å²) in [5.74, 6) is 0. The Morgan fingerprint density at radius 2 is 1.71 bits per heavy atom. The fourth-order valence-electron chi connectivity index (χ4n) is 2.96. The van der Waals surface area contributed by atoms with Crippen LogP contribution in [0.3, 0.4) is 0 Å². The number of nitrogens with one attached hydrogen (secondary N) is 1. The molecule has 0 amide bonds. The number of hydrogen-bond acceptors (Lipinski definition) is 3. The lowest BCUT2D eigenvalue weighted by atomic mass is 10.1. The quantitative estimate of drug-likeness (QED) is 0.779. The highest BCUT2D eigenvalue weighted by Gasteiger charge is 2.19. The topological polar surface area (TPSA) is 18.5 Å². The largest absolute Gasteiger partial charge is 0.313 e. The van der Waals surface area contributed by atoms with Crippen molar-refractivity contribution in [2.45, 2.75) is 46.3 Å². The van der Waals surface area contributed by atoms with Crippen LogP contribution in [0.15, 0.2) is 24.3 Å². The minimum Gasteiger partial charge on any atom is -0.313 e. The second-order valence-corrected chi connectivity index (χ2v) is 6.35. The first-order chi connectivity index (χ1) is 10.2. The van der Waals surface area contributed by atoms with Gasteiger partial charge in [-0.2, -0.15) is 0 Å². The molecular weight excluding hydrogens is 258 g/mol. The first-order valence-corrected chi connectivity index (χ1v) is 8.44. The highest BCUT2D eigenvalue weighted by atomic mass is 15.3. The summed E-state index contributed by atoms with van der Waals surface area (Å²) in [6.45, 7) is 14.8. The highest BCUT2D eigenvalue weighted by Crippen LogP contribution is 2.14. The molecule has 0 saturated carbocycles. The molecule has 2 rings (SSSR count). The molecule has 1 aliphatic heterocycles. The lowest BCUT2D eigenvalue weighted by Crippen LogP contribution is -2.48. The maximum atomic E-state index is 3.52. The van der Waals surface area contributed by atoms with Crippen LogP contribution in [-0.2, 0) is 13.1 Å². The van der Waals surface area contributed by atoms with Gasteiger partial charge in [0.05, 0.1) is 0 Å². The fraction of sp³-hybridized carbons (Fsp3) is 0.667. The Labute approximate surface area is 130 Å². The fourth-order valence-corrected chi connectivity index (χ4v) is 2.96. The van der Waals surface area contributed by atoms with Crippen LogP contribution in [0.4, 0.5) is 0 Å². The summed E-state index contributed by atoms with van der Waals surface area (Å²) in [6, 6.07) is 9.56. The smallest absolute Gasteiger partial charge is 0.0238 e. The number of piperazine rings is 1. The normalized spacial score (nSPS) is 17.5. The molecule has 0 bridgehead atoms. The standard InChI is InChI=1S/C18H31N3/c1-4-9-19-14-17-7-5-6-8-18(17)15-20-10-12-21(13-11-20)16(2)3/h5-8,16,19H,4,9-15H2,1-3H3. The third-order valence-corrected chi connectivity index (χ3v) is 4.39. The second kappa shape index (κ2) is 8.52. The molecule has 118 valence electrons. The van der Waals surface area contributed by atoms with E-state index in [0.717, 1.165) is 19.6 Å². The molecule has 21 heavy (non-hydrogen) atoms. The zero-order valence-electron chi connectivity index (χ0n) is 13.9. The summed E-state index contributed by atoms with van der Waals surface area (Å²) in [6.07, 6.45) is 1.19. The molecule has 3 nitrogen and oxygen atoms in total. The van der Waals surface area contributed by atoms with Crippen molar-refractivity contribution in [3.8, 4) is 0 Å². The summed E-state index contributed by atoms with van der Waals surface area (Å²) < 4.78 is 0. The number of benzene rings is 1. The average Bonchev–Trinajstić information content (AvgIpc) is 2.50. The molecule has 0 atom stereocenters. The van der Waals surface area contributed by atoms with Gasteiger partial charge < -0.3 is 5.32 Å². The Hall–Kier alpha value is -0.900. The van der Waals surface area contributed by atoms with Crippen molar-refractivity contribution in [1.29, 1.82) is 0 Å². The van der Waals surface area contributed by atoms with E-state index in [9.17, 15) is 0 Å². The van der Waals surface area contributed by atoms with Crippen molar-refractivity contribution in [3.63, 3.8) is 0 Å². The van der Waals surface area contributed by atoms with E-state index in [4.69, 9.17) is 0 Å². The number of nitrogens with zero attached hydrogens (tertiary/aromatic N) is 2. The Bertz CT molecular complexity index is 409. The van der Waals surface area contributed by atoms with Gasteiger partial charge in [0.2, 0.25) is 0 Å². The SMILES string of the molecule is CCCNCc1ccccc1CN1CCN(C(C)C)CC1. The molecule has 0 unspecified atom stereocenters. The van der Waals surface area contributed by atoms with Gasteiger partial charge >= 0.3 is 0 Å². The molecule has 1 aromatic rings.